The first-order valence-electron chi connectivity index (χ1n) is 9.32. The zero-order valence-corrected chi connectivity index (χ0v) is 16.0. The molecule has 0 amide bonds. The van der Waals surface area contributed by atoms with Crippen molar-refractivity contribution in [2.24, 2.45) is 5.11 Å². The van der Waals surface area contributed by atoms with Gasteiger partial charge in [0.25, 0.3) is 5.89 Å². The van der Waals surface area contributed by atoms with E-state index in [0.717, 1.165) is 29.5 Å². The number of nitriles is 1. The van der Waals surface area contributed by atoms with E-state index in [-0.39, 0.29) is 12.1 Å². The molecule has 1 aliphatic carbocycles. The van der Waals surface area contributed by atoms with Gasteiger partial charge in [-0.1, -0.05) is 28.5 Å². The Hall–Kier alpha value is -3.82. The molecule has 0 unspecified atom stereocenters. The fourth-order valence-corrected chi connectivity index (χ4v) is 3.58. The highest BCUT2D eigenvalue weighted by Gasteiger charge is 2.26. The Bertz CT molecular complexity index is 1150. The summed E-state index contributed by atoms with van der Waals surface area (Å²) in [6.45, 7) is 3.81. The monoisotopic (exact) mass is 386 g/mol. The molecule has 0 spiro atoms. The number of hydrogen-bond acceptors (Lipinski definition) is 6. The molecule has 0 radical (unpaired) electrons. The quantitative estimate of drug-likeness (QED) is 0.332. The molecule has 0 saturated carbocycles. The molecule has 29 heavy (non-hydrogen) atoms. The summed E-state index contributed by atoms with van der Waals surface area (Å²) in [4.78, 5) is 7.48. The van der Waals surface area contributed by atoms with Crippen molar-refractivity contribution in [2.75, 3.05) is 0 Å². The summed E-state index contributed by atoms with van der Waals surface area (Å²) in [5, 5.41) is 17.4. The van der Waals surface area contributed by atoms with Crippen LogP contribution in [-0.2, 0) is 6.42 Å². The maximum Gasteiger partial charge on any atom is 0.258 e. The average molecular weight is 386 g/mol. The van der Waals surface area contributed by atoms with Crippen LogP contribution in [0.5, 0.6) is 5.75 Å². The van der Waals surface area contributed by atoms with Crippen LogP contribution in [0, 0.1) is 11.3 Å². The van der Waals surface area contributed by atoms with E-state index in [0.29, 0.717) is 28.6 Å². The average Bonchev–Trinajstić information content (AvgIpc) is 3.36. The van der Waals surface area contributed by atoms with Crippen molar-refractivity contribution in [2.45, 2.75) is 38.8 Å². The van der Waals surface area contributed by atoms with Gasteiger partial charge in [-0.3, -0.25) is 0 Å². The molecule has 8 nitrogen and oxygen atoms in total. The van der Waals surface area contributed by atoms with Crippen molar-refractivity contribution in [3.8, 4) is 34.7 Å². The predicted molar refractivity (Wildman–Crippen MR) is 106 cm³/mol. The second kappa shape index (κ2) is 7.66. The molecule has 144 valence electrons. The summed E-state index contributed by atoms with van der Waals surface area (Å²) in [6.07, 6.45) is 1.53. The molecular weight excluding hydrogens is 368 g/mol. The Kier molecular flexibility index (Phi) is 4.90. The second-order valence-electron chi connectivity index (χ2n) is 7.05. The molecule has 2 aromatic carbocycles. The first kappa shape index (κ1) is 18.5. The lowest BCUT2D eigenvalue weighted by molar-refractivity contribution is 0.242. The first-order valence-corrected chi connectivity index (χ1v) is 9.32. The molecule has 0 aliphatic heterocycles. The van der Waals surface area contributed by atoms with E-state index in [1.54, 1.807) is 18.2 Å². The molecule has 4 rings (SSSR count). The molecule has 0 saturated heterocycles. The minimum atomic E-state index is -0.159. The summed E-state index contributed by atoms with van der Waals surface area (Å²) in [5.41, 5.74) is 12.8. The molecular formula is C21H18N6O2. The van der Waals surface area contributed by atoms with Crippen LogP contribution in [0.2, 0.25) is 0 Å². The van der Waals surface area contributed by atoms with Crippen molar-refractivity contribution in [3.05, 3.63) is 63.5 Å². The van der Waals surface area contributed by atoms with Crippen molar-refractivity contribution >= 4 is 0 Å². The SMILES string of the molecule is CC(C)Oc1ccc(-c2nc(-c3cccc4c3CC[C@@H]4N=[N+]=[N-])no2)cc1C#N. The molecule has 1 aromatic heterocycles. The van der Waals surface area contributed by atoms with Crippen LogP contribution < -0.4 is 4.74 Å². The van der Waals surface area contributed by atoms with E-state index < -0.39 is 0 Å². The van der Waals surface area contributed by atoms with E-state index in [1.807, 2.05) is 32.0 Å². The summed E-state index contributed by atoms with van der Waals surface area (Å²) >= 11 is 0. The Morgan fingerprint density at radius 1 is 1.34 bits per heavy atom. The minimum Gasteiger partial charge on any atom is -0.490 e. The molecule has 1 heterocycles. The molecule has 8 heteroatoms. The number of fused-ring (bicyclic) bond motifs is 1. The van der Waals surface area contributed by atoms with E-state index in [2.05, 4.69) is 26.2 Å². The number of aromatic nitrogens is 2. The standard InChI is InChI=1S/C21H18N6O2/c1-12(2)28-19-9-6-13(10-14(19)11-22)21-24-20(26-29-21)17-5-3-4-16-15(17)7-8-18(16)25-27-23/h3-6,9-10,12,18H,7-8H2,1-2H3/t18-/m0/s1. The lowest BCUT2D eigenvalue weighted by atomic mass is 10.0. The van der Waals surface area contributed by atoms with Gasteiger partial charge >= 0.3 is 0 Å². The number of azide groups is 1. The molecule has 0 N–H and O–H groups in total. The highest BCUT2D eigenvalue weighted by molar-refractivity contribution is 5.67. The Morgan fingerprint density at radius 2 is 2.21 bits per heavy atom. The van der Waals surface area contributed by atoms with E-state index in [4.69, 9.17) is 14.8 Å². The van der Waals surface area contributed by atoms with Gasteiger partial charge in [0.2, 0.25) is 5.82 Å². The topological polar surface area (TPSA) is 121 Å². The first-order chi connectivity index (χ1) is 14.1. The van der Waals surface area contributed by atoms with Crippen LogP contribution in [0.15, 0.2) is 46.0 Å². The number of benzene rings is 2. The van der Waals surface area contributed by atoms with Crippen LogP contribution in [0.1, 0.15) is 43.0 Å². The van der Waals surface area contributed by atoms with Crippen molar-refractivity contribution < 1.29 is 9.26 Å². The third-order valence-corrected chi connectivity index (χ3v) is 4.81. The number of nitrogens with zero attached hydrogens (tertiary/aromatic N) is 6. The van der Waals surface area contributed by atoms with Crippen molar-refractivity contribution in [1.82, 2.24) is 10.1 Å². The van der Waals surface area contributed by atoms with Gasteiger partial charge in [-0.2, -0.15) is 10.2 Å². The summed E-state index contributed by atoms with van der Waals surface area (Å²) in [5.74, 6) is 1.32. The Balaban J connectivity index is 1.69. The largest absolute Gasteiger partial charge is 0.490 e. The lowest BCUT2D eigenvalue weighted by Gasteiger charge is -2.11. The van der Waals surface area contributed by atoms with Gasteiger partial charge in [0.15, 0.2) is 0 Å². The number of rotatable bonds is 5. The third-order valence-electron chi connectivity index (χ3n) is 4.81. The fourth-order valence-electron chi connectivity index (χ4n) is 3.58. The third kappa shape index (κ3) is 3.51. The van der Waals surface area contributed by atoms with Gasteiger partial charge in [0, 0.05) is 16.0 Å². The van der Waals surface area contributed by atoms with Crippen LogP contribution in [0.25, 0.3) is 33.3 Å². The molecule has 1 atom stereocenters. The summed E-state index contributed by atoms with van der Waals surface area (Å²) in [7, 11) is 0. The molecule has 0 fully saturated rings. The normalized spacial score (nSPS) is 14.9. The fraction of sp³-hybridized carbons (Fsp3) is 0.286. The second-order valence-corrected chi connectivity index (χ2v) is 7.05. The molecule has 3 aromatic rings. The van der Waals surface area contributed by atoms with Crippen molar-refractivity contribution in [1.29, 1.82) is 5.26 Å². The zero-order chi connectivity index (χ0) is 20.4. The van der Waals surface area contributed by atoms with Gasteiger partial charge in [-0.05, 0) is 61.5 Å². The summed E-state index contributed by atoms with van der Waals surface area (Å²) in [6, 6.07) is 13.0. The van der Waals surface area contributed by atoms with Crippen LogP contribution >= 0.6 is 0 Å². The van der Waals surface area contributed by atoms with Gasteiger partial charge < -0.3 is 9.26 Å². The number of ether oxygens (including phenoxy) is 1. The van der Waals surface area contributed by atoms with Gasteiger partial charge in [-0.25, -0.2) is 0 Å². The minimum absolute atomic E-state index is 0.0303. The van der Waals surface area contributed by atoms with Crippen LogP contribution in [0.3, 0.4) is 0 Å². The highest BCUT2D eigenvalue weighted by Crippen LogP contribution is 2.39. The highest BCUT2D eigenvalue weighted by atomic mass is 16.5. The summed E-state index contributed by atoms with van der Waals surface area (Å²) < 4.78 is 11.1. The lowest BCUT2D eigenvalue weighted by Crippen LogP contribution is -2.06. The maximum absolute atomic E-state index is 9.43. The van der Waals surface area contributed by atoms with E-state index in [9.17, 15) is 5.26 Å². The van der Waals surface area contributed by atoms with Crippen LogP contribution in [-0.4, -0.2) is 16.2 Å². The predicted octanol–water partition coefficient (Wildman–Crippen LogP) is 5.36. The molecule has 1 aliphatic rings. The van der Waals surface area contributed by atoms with Gasteiger partial charge in [-0.15, -0.1) is 0 Å². The van der Waals surface area contributed by atoms with Crippen molar-refractivity contribution in [3.63, 3.8) is 0 Å². The zero-order valence-electron chi connectivity index (χ0n) is 16.0. The van der Waals surface area contributed by atoms with E-state index >= 15 is 0 Å². The van der Waals surface area contributed by atoms with Crippen LogP contribution in [0.4, 0.5) is 0 Å². The van der Waals surface area contributed by atoms with Gasteiger partial charge in [0.1, 0.15) is 11.8 Å². The maximum atomic E-state index is 9.43. The number of hydrogen-bond donors (Lipinski definition) is 0. The van der Waals surface area contributed by atoms with E-state index in [1.165, 1.54) is 0 Å². The Labute approximate surface area is 167 Å². The Morgan fingerprint density at radius 3 is 2.97 bits per heavy atom. The smallest absolute Gasteiger partial charge is 0.258 e. The molecule has 0 bridgehead atoms. The van der Waals surface area contributed by atoms with Gasteiger partial charge in [0.05, 0.1) is 17.7 Å².